The van der Waals surface area contributed by atoms with Crippen LogP contribution in [0.4, 0.5) is 0 Å². The summed E-state index contributed by atoms with van der Waals surface area (Å²) < 4.78 is 12.4. The summed E-state index contributed by atoms with van der Waals surface area (Å²) >= 11 is 0. The number of carbonyl (C=O) groups excluding carboxylic acids is 1. The molecule has 4 rings (SSSR count). The summed E-state index contributed by atoms with van der Waals surface area (Å²) in [5, 5.41) is 4.13. The zero-order valence-electron chi connectivity index (χ0n) is 19.0. The highest BCUT2D eigenvalue weighted by Gasteiger charge is 2.21. The zero-order chi connectivity index (χ0) is 23.2. The maximum atomic E-state index is 13.3. The predicted octanol–water partition coefficient (Wildman–Crippen LogP) is 5.59. The van der Waals surface area contributed by atoms with Crippen LogP contribution in [0.3, 0.4) is 0 Å². The van der Waals surface area contributed by atoms with E-state index >= 15 is 0 Å². The van der Waals surface area contributed by atoms with Gasteiger partial charge in [-0.3, -0.25) is 9.00 Å². The third kappa shape index (κ3) is 5.37. The van der Waals surface area contributed by atoms with E-state index in [9.17, 15) is 9.00 Å². The molecular weight excluding hydrogens is 428 g/mol. The molecule has 2 atom stereocenters. The molecular formula is C28H28N2O2S. The Morgan fingerprint density at radius 3 is 2.21 bits per heavy atom. The van der Waals surface area contributed by atoms with Gasteiger partial charge in [0.1, 0.15) is 0 Å². The molecule has 4 aromatic rings. The summed E-state index contributed by atoms with van der Waals surface area (Å²) in [5.74, 6) is 0.296. The van der Waals surface area contributed by atoms with Gasteiger partial charge in [0.2, 0.25) is 5.91 Å². The maximum Gasteiger partial charge on any atom is 0.224 e. The Hall–Kier alpha value is -3.31. The van der Waals surface area contributed by atoms with E-state index in [0.717, 1.165) is 45.3 Å². The topological polar surface area (TPSA) is 59.1 Å². The van der Waals surface area contributed by atoms with Crippen molar-refractivity contribution < 1.29 is 9.00 Å². The van der Waals surface area contributed by atoms with Crippen molar-refractivity contribution >= 4 is 27.6 Å². The highest BCUT2D eigenvalue weighted by Crippen LogP contribution is 2.32. The van der Waals surface area contributed by atoms with E-state index in [1.807, 2.05) is 84.9 Å². The second-order valence-electron chi connectivity index (χ2n) is 8.13. The van der Waals surface area contributed by atoms with Crippen molar-refractivity contribution in [2.75, 3.05) is 6.26 Å². The fraction of sp³-hybridized carbons (Fsp3) is 0.214. The third-order valence-electron chi connectivity index (χ3n) is 5.79. The highest BCUT2D eigenvalue weighted by atomic mass is 32.2. The van der Waals surface area contributed by atoms with Crippen LogP contribution in [0.1, 0.15) is 36.1 Å². The van der Waals surface area contributed by atoms with E-state index in [0.29, 0.717) is 5.75 Å². The second-order valence-corrected chi connectivity index (χ2v) is 9.57. The lowest BCUT2D eigenvalue weighted by Gasteiger charge is -2.20. The first-order chi connectivity index (χ1) is 16.1. The first-order valence-electron chi connectivity index (χ1n) is 11.2. The van der Waals surface area contributed by atoms with Crippen molar-refractivity contribution in [2.24, 2.45) is 0 Å². The summed E-state index contributed by atoms with van der Waals surface area (Å²) in [5.41, 5.74) is 5.45. The molecule has 0 fully saturated rings. The number of benzene rings is 3. The van der Waals surface area contributed by atoms with Crippen molar-refractivity contribution in [2.45, 2.75) is 31.6 Å². The van der Waals surface area contributed by atoms with Gasteiger partial charge in [-0.1, -0.05) is 85.8 Å². The molecule has 0 saturated carbocycles. The van der Waals surface area contributed by atoms with Crippen LogP contribution < -0.4 is 5.32 Å². The molecule has 33 heavy (non-hydrogen) atoms. The summed E-state index contributed by atoms with van der Waals surface area (Å²) in [6, 6.07) is 27.8. The number of hydrogen-bond acceptors (Lipinski definition) is 3. The third-order valence-corrected chi connectivity index (χ3v) is 6.48. The van der Waals surface area contributed by atoms with Gasteiger partial charge in [0.05, 0.1) is 29.4 Å². The zero-order valence-corrected chi connectivity index (χ0v) is 19.8. The van der Waals surface area contributed by atoms with E-state index in [-0.39, 0.29) is 18.4 Å². The number of aromatic nitrogens is 1. The number of nitrogens with one attached hydrogen (secondary N) is 1. The van der Waals surface area contributed by atoms with Crippen LogP contribution >= 0.6 is 0 Å². The quantitative estimate of drug-likeness (QED) is 0.376. The number of pyridine rings is 1. The smallest absolute Gasteiger partial charge is 0.224 e. The largest absolute Gasteiger partial charge is 0.349 e. The number of amides is 1. The molecule has 1 N–H and O–H groups in total. The van der Waals surface area contributed by atoms with E-state index < -0.39 is 10.8 Å². The lowest BCUT2D eigenvalue weighted by molar-refractivity contribution is -0.121. The average Bonchev–Trinajstić information content (AvgIpc) is 2.84. The molecule has 1 heterocycles. The Labute approximate surface area is 197 Å². The van der Waals surface area contributed by atoms with Crippen LogP contribution in [0.25, 0.3) is 22.2 Å². The summed E-state index contributed by atoms with van der Waals surface area (Å²) in [7, 11) is -1.08. The van der Waals surface area contributed by atoms with Gasteiger partial charge in [-0.25, -0.2) is 4.98 Å². The molecule has 5 heteroatoms. The Balaban J connectivity index is 1.78. The normalized spacial score (nSPS) is 12.9. The molecule has 4 nitrogen and oxygen atoms in total. The lowest BCUT2D eigenvalue weighted by Crippen LogP contribution is -2.30. The number of para-hydroxylation sites is 1. The highest BCUT2D eigenvalue weighted by molar-refractivity contribution is 7.83. The van der Waals surface area contributed by atoms with Gasteiger partial charge in [-0.15, -0.1) is 0 Å². The second kappa shape index (κ2) is 10.5. The van der Waals surface area contributed by atoms with Crippen LogP contribution in [0.5, 0.6) is 0 Å². The van der Waals surface area contributed by atoms with Gasteiger partial charge in [0.15, 0.2) is 0 Å². The van der Waals surface area contributed by atoms with Crippen LogP contribution in [0, 0.1) is 0 Å². The van der Waals surface area contributed by atoms with Gasteiger partial charge in [0.25, 0.3) is 0 Å². The Morgan fingerprint density at radius 1 is 0.909 bits per heavy atom. The molecule has 1 aromatic heterocycles. The molecule has 0 aliphatic heterocycles. The van der Waals surface area contributed by atoms with Gasteiger partial charge < -0.3 is 5.32 Å². The van der Waals surface area contributed by atoms with E-state index in [2.05, 4.69) is 12.2 Å². The molecule has 0 spiro atoms. The molecule has 3 aromatic carbocycles. The Morgan fingerprint density at radius 2 is 1.55 bits per heavy atom. The fourth-order valence-electron chi connectivity index (χ4n) is 4.23. The van der Waals surface area contributed by atoms with Gasteiger partial charge in [0, 0.05) is 28.0 Å². The van der Waals surface area contributed by atoms with Gasteiger partial charge in [-0.2, -0.15) is 0 Å². The Bertz CT molecular complexity index is 1270. The van der Waals surface area contributed by atoms with Crippen LogP contribution in [-0.4, -0.2) is 21.4 Å². The molecule has 168 valence electrons. The molecule has 0 aliphatic rings. The maximum absolute atomic E-state index is 13.3. The van der Waals surface area contributed by atoms with Crippen molar-refractivity contribution in [3.63, 3.8) is 0 Å². The number of nitrogens with zero attached hydrogens (tertiary/aromatic N) is 1. The molecule has 0 saturated heterocycles. The molecule has 1 amide bonds. The standard InChI is InChI=1S/C28H28N2O2S/c1-3-25(20-12-6-4-7-13-20)29-27(31)18-23-22-16-10-11-17-26(22)30-28(24(23)19-33(2)32)21-14-8-5-9-15-21/h4-17,25H,3,18-19H2,1-2H3,(H,29,31). The first-order valence-corrected chi connectivity index (χ1v) is 12.9. The minimum Gasteiger partial charge on any atom is -0.349 e. The summed E-state index contributed by atoms with van der Waals surface area (Å²) in [6.07, 6.45) is 2.70. The number of hydrogen-bond donors (Lipinski definition) is 1. The lowest BCUT2D eigenvalue weighted by atomic mass is 9.95. The number of fused-ring (bicyclic) bond motifs is 1. The van der Waals surface area contributed by atoms with Crippen LogP contribution in [0.15, 0.2) is 84.9 Å². The number of carbonyl (C=O) groups is 1. The van der Waals surface area contributed by atoms with E-state index in [1.165, 1.54) is 0 Å². The van der Waals surface area contributed by atoms with Crippen molar-refractivity contribution in [3.05, 3.63) is 102 Å². The van der Waals surface area contributed by atoms with Crippen molar-refractivity contribution in [1.82, 2.24) is 10.3 Å². The Kier molecular flexibility index (Phi) is 7.30. The molecule has 0 radical (unpaired) electrons. The minimum absolute atomic E-state index is 0.0517. The molecule has 0 aliphatic carbocycles. The molecule has 2 unspecified atom stereocenters. The van der Waals surface area contributed by atoms with Crippen molar-refractivity contribution in [1.29, 1.82) is 0 Å². The fourth-order valence-corrected chi connectivity index (χ4v) is 4.95. The summed E-state index contributed by atoms with van der Waals surface area (Å²) in [6.45, 7) is 2.07. The van der Waals surface area contributed by atoms with Gasteiger partial charge >= 0.3 is 0 Å². The predicted molar refractivity (Wildman–Crippen MR) is 136 cm³/mol. The van der Waals surface area contributed by atoms with Crippen LogP contribution in [0.2, 0.25) is 0 Å². The monoisotopic (exact) mass is 456 g/mol. The minimum atomic E-state index is -1.08. The first kappa shape index (κ1) is 22.9. The van der Waals surface area contributed by atoms with E-state index in [4.69, 9.17) is 4.98 Å². The number of rotatable bonds is 8. The SMILES string of the molecule is CCC(NC(=O)Cc1c(CS(C)=O)c(-c2ccccc2)nc2ccccc12)c1ccccc1. The van der Waals surface area contributed by atoms with Crippen LogP contribution in [-0.2, 0) is 27.8 Å². The summed E-state index contributed by atoms with van der Waals surface area (Å²) in [4.78, 5) is 18.2. The van der Waals surface area contributed by atoms with E-state index in [1.54, 1.807) is 6.26 Å². The average molecular weight is 457 g/mol. The van der Waals surface area contributed by atoms with Gasteiger partial charge in [-0.05, 0) is 29.2 Å². The molecule has 0 bridgehead atoms. The van der Waals surface area contributed by atoms with Crippen molar-refractivity contribution in [3.8, 4) is 11.3 Å².